The number of methoxy groups -OCH3 is 1. The van der Waals surface area contributed by atoms with Gasteiger partial charge >= 0.3 is 0 Å². The molecule has 1 heterocycles. The zero-order valence-corrected chi connectivity index (χ0v) is 16.5. The minimum absolute atomic E-state index is 0.0625. The molecule has 3 rings (SSSR count). The van der Waals surface area contributed by atoms with Gasteiger partial charge in [-0.2, -0.15) is 0 Å². The number of fused-ring (bicyclic) bond motifs is 1. The molecular weight excluding hydrogens is 336 g/mol. The van der Waals surface area contributed by atoms with E-state index in [1.54, 1.807) is 7.11 Å². The molecular formula is C23H28N2O2. The Kier molecular flexibility index (Phi) is 5.84. The summed E-state index contributed by atoms with van der Waals surface area (Å²) in [7, 11) is 3.72. The van der Waals surface area contributed by atoms with Crippen LogP contribution in [0.3, 0.4) is 0 Å². The van der Waals surface area contributed by atoms with Crippen molar-refractivity contribution < 1.29 is 9.53 Å². The Bertz CT molecular complexity index is 927. The lowest BCUT2D eigenvalue weighted by atomic mass is 9.87. The predicted molar refractivity (Wildman–Crippen MR) is 110 cm³/mol. The first-order chi connectivity index (χ1) is 13.0. The highest BCUT2D eigenvalue weighted by molar-refractivity contribution is 5.86. The molecule has 1 amide bonds. The molecule has 0 aliphatic heterocycles. The average Bonchev–Trinajstić information content (AvgIpc) is 3.01. The van der Waals surface area contributed by atoms with Crippen LogP contribution in [0.5, 0.6) is 5.75 Å². The number of carbonyl (C=O) groups is 1. The molecule has 4 heteroatoms. The number of benzene rings is 2. The molecule has 0 fully saturated rings. The number of amides is 1. The fraction of sp³-hybridized carbons (Fsp3) is 0.348. The summed E-state index contributed by atoms with van der Waals surface area (Å²) in [5, 5.41) is 4.23. The van der Waals surface area contributed by atoms with Crippen LogP contribution >= 0.6 is 0 Å². The number of para-hydroxylation sites is 2. The van der Waals surface area contributed by atoms with Gasteiger partial charge in [-0.25, -0.2) is 0 Å². The molecule has 0 bridgehead atoms. The minimum Gasteiger partial charge on any atom is -0.496 e. The van der Waals surface area contributed by atoms with E-state index in [2.05, 4.69) is 48.1 Å². The Labute approximate surface area is 161 Å². The number of hydrogen-bond acceptors (Lipinski definition) is 2. The summed E-state index contributed by atoms with van der Waals surface area (Å²) in [6.45, 7) is 4.89. The molecule has 3 aromatic rings. The number of aryl methyl sites for hydroxylation is 1. The summed E-state index contributed by atoms with van der Waals surface area (Å²) in [6, 6.07) is 16.3. The molecule has 1 N–H and O–H groups in total. The summed E-state index contributed by atoms with van der Waals surface area (Å²) in [5.74, 6) is 1.23. The third-order valence-electron chi connectivity index (χ3n) is 4.91. The first-order valence-corrected chi connectivity index (χ1v) is 9.44. The van der Waals surface area contributed by atoms with E-state index in [4.69, 9.17) is 4.74 Å². The van der Waals surface area contributed by atoms with E-state index in [1.165, 1.54) is 5.39 Å². The second-order valence-electron chi connectivity index (χ2n) is 7.41. The summed E-state index contributed by atoms with van der Waals surface area (Å²) in [6.07, 6.45) is 2.53. The number of rotatable bonds is 7. The molecule has 0 saturated heterocycles. The van der Waals surface area contributed by atoms with Crippen molar-refractivity contribution in [3.63, 3.8) is 0 Å². The van der Waals surface area contributed by atoms with Gasteiger partial charge in [-0.15, -0.1) is 0 Å². The van der Waals surface area contributed by atoms with Gasteiger partial charge in [0.15, 0.2) is 0 Å². The van der Waals surface area contributed by atoms with Crippen molar-refractivity contribution in [1.29, 1.82) is 0 Å². The molecule has 0 unspecified atom stereocenters. The Morgan fingerprint density at radius 1 is 1.07 bits per heavy atom. The third kappa shape index (κ3) is 4.16. The zero-order chi connectivity index (χ0) is 19.4. The van der Waals surface area contributed by atoms with Crippen molar-refractivity contribution >= 4 is 16.8 Å². The standard InChI is InChI=1S/C23H28N2O2/c1-16(2)14-24-23(26)13-19(18-10-6-8-12-22(18)27-4)20-15-25(3)21-11-7-5-9-17(20)21/h5-12,15-16,19H,13-14H2,1-4H3,(H,24,26)/t19-/m1/s1. The Morgan fingerprint density at radius 3 is 2.52 bits per heavy atom. The van der Waals surface area contributed by atoms with Crippen LogP contribution in [0.2, 0.25) is 0 Å². The molecule has 142 valence electrons. The molecule has 1 aromatic heterocycles. The van der Waals surface area contributed by atoms with Gasteiger partial charge in [0.2, 0.25) is 5.91 Å². The van der Waals surface area contributed by atoms with Gasteiger partial charge in [0.1, 0.15) is 5.75 Å². The lowest BCUT2D eigenvalue weighted by molar-refractivity contribution is -0.121. The lowest BCUT2D eigenvalue weighted by Crippen LogP contribution is -2.28. The molecule has 1 atom stereocenters. The van der Waals surface area contributed by atoms with E-state index in [0.717, 1.165) is 22.4 Å². The second-order valence-corrected chi connectivity index (χ2v) is 7.41. The maximum atomic E-state index is 12.7. The normalized spacial score (nSPS) is 12.3. The number of aromatic nitrogens is 1. The number of nitrogens with one attached hydrogen (secondary N) is 1. The average molecular weight is 364 g/mol. The van der Waals surface area contributed by atoms with Gasteiger partial charge in [-0.3, -0.25) is 4.79 Å². The van der Waals surface area contributed by atoms with Crippen LogP contribution in [0.15, 0.2) is 54.7 Å². The van der Waals surface area contributed by atoms with E-state index in [9.17, 15) is 4.79 Å². The fourth-order valence-electron chi connectivity index (χ4n) is 3.57. The number of ether oxygens (including phenoxy) is 1. The van der Waals surface area contributed by atoms with Crippen LogP contribution < -0.4 is 10.1 Å². The van der Waals surface area contributed by atoms with Gasteiger partial charge < -0.3 is 14.6 Å². The smallest absolute Gasteiger partial charge is 0.220 e. The quantitative estimate of drug-likeness (QED) is 0.672. The van der Waals surface area contributed by atoms with E-state index in [-0.39, 0.29) is 11.8 Å². The highest BCUT2D eigenvalue weighted by Gasteiger charge is 2.24. The van der Waals surface area contributed by atoms with Crippen molar-refractivity contribution in [3.8, 4) is 5.75 Å². The van der Waals surface area contributed by atoms with Crippen LogP contribution in [0.4, 0.5) is 0 Å². The number of carbonyl (C=O) groups excluding carboxylic acids is 1. The zero-order valence-electron chi connectivity index (χ0n) is 16.5. The summed E-state index contributed by atoms with van der Waals surface area (Å²) in [4.78, 5) is 12.7. The first-order valence-electron chi connectivity index (χ1n) is 9.44. The van der Waals surface area contributed by atoms with Gasteiger partial charge in [0, 0.05) is 48.6 Å². The predicted octanol–water partition coefficient (Wildman–Crippen LogP) is 4.48. The van der Waals surface area contributed by atoms with Crippen LogP contribution in [-0.2, 0) is 11.8 Å². The third-order valence-corrected chi connectivity index (χ3v) is 4.91. The van der Waals surface area contributed by atoms with Crippen LogP contribution in [0, 0.1) is 5.92 Å². The van der Waals surface area contributed by atoms with Crippen LogP contribution in [-0.4, -0.2) is 24.1 Å². The maximum Gasteiger partial charge on any atom is 0.220 e. The maximum absolute atomic E-state index is 12.7. The molecule has 0 aliphatic carbocycles. The van der Waals surface area contributed by atoms with Gasteiger partial charge in [0.25, 0.3) is 0 Å². The Balaban J connectivity index is 2.05. The fourth-order valence-corrected chi connectivity index (χ4v) is 3.57. The molecule has 0 radical (unpaired) electrons. The summed E-state index contributed by atoms with van der Waals surface area (Å²) < 4.78 is 7.73. The van der Waals surface area contributed by atoms with Gasteiger partial charge in [-0.1, -0.05) is 50.2 Å². The van der Waals surface area contributed by atoms with Crippen LogP contribution in [0.25, 0.3) is 10.9 Å². The van der Waals surface area contributed by atoms with E-state index in [0.29, 0.717) is 18.9 Å². The molecule has 27 heavy (non-hydrogen) atoms. The molecule has 2 aromatic carbocycles. The second kappa shape index (κ2) is 8.30. The van der Waals surface area contributed by atoms with Crippen molar-refractivity contribution in [3.05, 3.63) is 65.9 Å². The van der Waals surface area contributed by atoms with Crippen molar-refractivity contribution in [2.45, 2.75) is 26.2 Å². The van der Waals surface area contributed by atoms with Gasteiger partial charge in [-0.05, 0) is 23.6 Å². The molecule has 4 nitrogen and oxygen atoms in total. The summed E-state index contributed by atoms with van der Waals surface area (Å²) >= 11 is 0. The molecule has 0 aliphatic rings. The SMILES string of the molecule is COc1ccccc1[C@@H](CC(=O)NCC(C)C)c1cn(C)c2ccccc12. The van der Waals surface area contributed by atoms with Gasteiger partial charge in [0.05, 0.1) is 7.11 Å². The topological polar surface area (TPSA) is 43.3 Å². The van der Waals surface area contributed by atoms with Crippen molar-refractivity contribution in [2.24, 2.45) is 13.0 Å². The first kappa shape index (κ1) is 19.0. The number of nitrogens with zero attached hydrogens (tertiary/aromatic N) is 1. The Hall–Kier alpha value is -2.75. The van der Waals surface area contributed by atoms with Crippen LogP contribution in [0.1, 0.15) is 37.3 Å². The largest absolute Gasteiger partial charge is 0.496 e. The van der Waals surface area contributed by atoms with E-state index < -0.39 is 0 Å². The molecule has 0 saturated carbocycles. The minimum atomic E-state index is -0.0700. The van der Waals surface area contributed by atoms with Crippen molar-refractivity contribution in [2.75, 3.05) is 13.7 Å². The Morgan fingerprint density at radius 2 is 1.78 bits per heavy atom. The highest BCUT2D eigenvalue weighted by Crippen LogP contribution is 2.38. The summed E-state index contributed by atoms with van der Waals surface area (Å²) in [5.41, 5.74) is 3.35. The highest BCUT2D eigenvalue weighted by atomic mass is 16.5. The van der Waals surface area contributed by atoms with E-state index in [1.807, 2.05) is 37.4 Å². The van der Waals surface area contributed by atoms with E-state index >= 15 is 0 Å². The number of hydrogen-bond donors (Lipinski definition) is 1. The van der Waals surface area contributed by atoms with Crippen molar-refractivity contribution in [1.82, 2.24) is 9.88 Å². The monoisotopic (exact) mass is 364 g/mol. The molecule has 0 spiro atoms. The lowest BCUT2D eigenvalue weighted by Gasteiger charge is -2.20.